The molecule has 5 heteroatoms. The molecule has 5 rings (SSSR count). The number of aromatic amines is 1. The van der Waals surface area contributed by atoms with Crippen LogP contribution in [0.5, 0.6) is 11.5 Å². The predicted molar refractivity (Wildman–Crippen MR) is 116 cm³/mol. The molecule has 148 valence electrons. The van der Waals surface area contributed by atoms with Gasteiger partial charge in [-0.3, -0.25) is 0 Å². The highest BCUT2D eigenvalue weighted by Gasteiger charge is 2.20. The van der Waals surface area contributed by atoms with E-state index in [1.54, 1.807) is 0 Å². The lowest BCUT2D eigenvalue weighted by molar-refractivity contribution is 0.142. The zero-order chi connectivity index (χ0) is 19.6. The first-order valence-corrected chi connectivity index (χ1v) is 10.1. The maximum Gasteiger partial charge on any atom is 0.142 e. The number of benzene rings is 3. The molecular weight excluding hydrogens is 364 g/mol. The van der Waals surface area contributed by atoms with Gasteiger partial charge in [-0.15, -0.1) is 0 Å². The topological polar surface area (TPSA) is 57.7 Å². The standard InChI is InChI=1S/C24H24N2O3/c27-17(16-26-13-15-29-22-10-4-3-9-21(22)26)12-14-28-23-11-5-8-20-24(23)18-6-1-2-7-19(18)25-20/h1-11,17,25,27H,12-16H2. The van der Waals surface area contributed by atoms with Gasteiger partial charge in [0.15, 0.2) is 0 Å². The molecule has 0 amide bonds. The molecule has 5 nitrogen and oxygen atoms in total. The highest BCUT2D eigenvalue weighted by Crippen LogP contribution is 2.33. The molecule has 4 aromatic rings. The molecule has 1 atom stereocenters. The summed E-state index contributed by atoms with van der Waals surface area (Å²) < 4.78 is 11.8. The van der Waals surface area contributed by atoms with Crippen molar-refractivity contribution in [3.63, 3.8) is 0 Å². The van der Waals surface area contributed by atoms with Crippen LogP contribution in [-0.2, 0) is 0 Å². The largest absolute Gasteiger partial charge is 0.493 e. The number of fused-ring (bicyclic) bond motifs is 4. The van der Waals surface area contributed by atoms with Crippen LogP contribution in [0.3, 0.4) is 0 Å². The molecule has 0 aliphatic carbocycles. The Balaban J connectivity index is 1.25. The Bertz CT molecular complexity index is 1140. The van der Waals surface area contributed by atoms with Crippen LogP contribution in [0.15, 0.2) is 66.7 Å². The molecule has 29 heavy (non-hydrogen) atoms. The van der Waals surface area contributed by atoms with Crippen LogP contribution >= 0.6 is 0 Å². The fourth-order valence-corrected chi connectivity index (χ4v) is 4.06. The fraction of sp³-hybridized carbons (Fsp3) is 0.250. The average Bonchev–Trinajstić information content (AvgIpc) is 3.13. The second-order valence-electron chi connectivity index (χ2n) is 7.40. The van der Waals surface area contributed by atoms with Crippen molar-refractivity contribution >= 4 is 27.5 Å². The van der Waals surface area contributed by atoms with E-state index in [9.17, 15) is 5.11 Å². The second-order valence-corrected chi connectivity index (χ2v) is 7.40. The maximum absolute atomic E-state index is 10.6. The second kappa shape index (κ2) is 7.68. The number of rotatable bonds is 6. The molecule has 0 bridgehead atoms. The van der Waals surface area contributed by atoms with Crippen LogP contribution in [0, 0.1) is 0 Å². The molecule has 3 aromatic carbocycles. The number of β-amino-alcohol motifs (C(OH)–C–C–N with tert-alkyl or cyclic N) is 1. The molecular formula is C24H24N2O3. The van der Waals surface area contributed by atoms with E-state index in [0.717, 1.165) is 45.5 Å². The zero-order valence-corrected chi connectivity index (χ0v) is 16.2. The van der Waals surface area contributed by atoms with Gasteiger partial charge in [-0.05, 0) is 30.3 Å². The number of ether oxygens (including phenoxy) is 2. The van der Waals surface area contributed by atoms with Crippen molar-refractivity contribution in [2.45, 2.75) is 12.5 Å². The van der Waals surface area contributed by atoms with Gasteiger partial charge in [-0.1, -0.05) is 36.4 Å². The number of aromatic nitrogens is 1. The van der Waals surface area contributed by atoms with Gasteiger partial charge in [0, 0.05) is 29.3 Å². The van der Waals surface area contributed by atoms with Crippen molar-refractivity contribution in [2.75, 3.05) is 31.2 Å². The lowest BCUT2D eigenvalue weighted by atomic mass is 10.1. The number of hydrogen-bond donors (Lipinski definition) is 2. The monoisotopic (exact) mass is 388 g/mol. The van der Waals surface area contributed by atoms with Crippen molar-refractivity contribution in [2.24, 2.45) is 0 Å². The number of para-hydroxylation sites is 3. The van der Waals surface area contributed by atoms with Crippen molar-refractivity contribution in [1.29, 1.82) is 0 Å². The van der Waals surface area contributed by atoms with Crippen molar-refractivity contribution < 1.29 is 14.6 Å². The fourth-order valence-electron chi connectivity index (χ4n) is 4.06. The Hall–Kier alpha value is -3.18. The summed E-state index contributed by atoms with van der Waals surface area (Å²) >= 11 is 0. The van der Waals surface area contributed by atoms with Crippen molar-refractivity contribution in [3.8, 4) is 11.5 Å². The number of nitrogens with one attached hydrogen (secondary N) is 1. The van der Waals surface area contributed by atoms with Gasteiger partial charge in [0.25, 0.3) is 0 Å². The summed E-state index contributed by atoms with van der Waals surface area (Å²) in [6.07, 6.45) is 0.0986. The van der Waals surface area contributed by atoms with Gasteiger partial charge in [-0.2, -0.15) is 0 Å². The van der Waals surface area contributed by atoms with Crippen LogP contribution in [-0.4, -0.2) is 42.5 Å². The van der Waals surface area contributed by atoms with Gasteiger partial charge >= 0.3 is 0 Å². The van der Waals surface area contributed by atoms with Gasteiger partial charge in [0.2, 0.25) is 0 Å². The Morgan fingerprint density at radius 1 is 1.00 bits per heavy atom. The number of nitrogens with zero attached hydrogens (tertiary/aromatic N) is 1. The van der Waals surface area contributed by atoms with Crippen LogP contribution in [0.25, 0.3) is 21.8 Å². The minimum Gasteiger partial charge on any atom is -0.493 e. The van der Waals surface area contributed by atoms with Crippen LogP contribution in [0.4, 0.5) is 5.69 Å². The third-order valence-corrected chi connectivity index (χ3v) is 5.46. The maximum atomic E-state index is 10.6. The third-order valence-electron chi connectivity index (χ3n) is 5.46. The predicted octanol–water partition coefficient (Wildman–Crippen LogP) is 4.35. The lowest BCUT2D eigenvalue weighted by Crippen LogP contribution is -2.38. The molecule has 2 N–H and O–H groups in total. The van der Waals surface area contributed by atoms with Crippen LogP contribution < -0.4 is 14.4 Å². The lowest BCUT2D eigenvalue weighted by Gasteiger charge is -2.32. The van der Waals surface area contributed by atoms with E-state index in [4.69, 9.17) is 9.47 Å². The molecule has 0 fully saturated rings. The summed E-state index contributed by atoms with van der Waals surface area (Å²) in [7, 11) is 0. The Morgan fingerprint density at radius 2 is 1.83 bits per heavy atom. The van der Waals surface area contributed by atoms with Gasteiger partial charge in [0.1, 0.15) is 18.1 Å². The van der Waals surface area contributed by atoms with Crippen LogP contribution in [0.1, 0.15) is 6.42 Å². The molecule has 1 aromatic heterocycles. The molecule has 1 aliphatic rings. The van der Waals surface area contributed by atoms with Gasteiger partial charge < -0.3 is 24.5 Å². The molecule has 2 heterocycles. The Morgan fingerprint density at radius 3 is 2.79 bits per heavy atom. The SMILES string of the molecule is OC(CCOc1cccc2[nH]c3ccccc3c12)CN1CCOc2ccccc21. The molecule has 0 radical (unpaired) electrons. The summed E-state index contributed by atoms with van der Waals surface area (Å²) in [5.41, 5.74) is 3.21. The van der Waals surface area contributed by atoms with E-state index >= 15 is 0 Å². The normalized spacial score (nSPS) is 14.6. The number of anilines is 1. The molecule has 1 aliphatic heterocycles. The number of aliphatic hydroxyl groups is 1. The molecule has 0 saturated carbocycles. The highest BCUT2D eigenvalue weighted by molar-refractivity contribution is 6.10. The highest BCUT2D eigenvalue weighted by atomic mass is 16.5. The van der Waals surface area contributed by atoms with E-state index in [0.29, 0.717) is 26.2 Å². The minimum absolute atomic E-state index is 0.464. The molecule has 0 spiro atoms. The zero-order valence-electron chi connectivity index (χ0n) is 16.2. The molecule has 0 saturated heterocycles. The summed E-state index contributed by atoms with van der Waals surface area (Å²) in [5, 5.41) is 12.8. The first-order valence-electron chi connectivity index (χ1n) is 10.1. The number of H-pyrrole nitrogens is 1. The quantitative estimate of drug-likeness (QED) is 0.516. The first-order chi connectivity index (χ1) is 14.3. The van der Waals surface area contributed by atoms with E-state index in [1.807, 2.05) is 48.5 Å². The van der Waals surface area contributed by atoms with Crippen LogP contribution in [0.2, 0.25) is 0 Å². The van der Waals surface area contributed by atoms with E-state index in [-0.39, 0.29) is 0 Å². The summed E-state index contributed by atoms with van der Waals surface area (Å²) in [4.78, 5) is 5.62. The van der Waals surface area contributed by atoms with E-state index in [1.165, 1.54) is 0 Å². The van der Waals surface area contributed by atoms with Crippen molar-refractivity contribution in [1.82, 2.24) is 4.98 Å². The molecule has 1 unspecified atom stereocenters. The smallest absolute Gasteiger partial charge is 0.142 e. The third kappa shape index (κ3) is 3.49. The van der Waals surface area contributed by atoms with Crippen molar-refractivity contribution in [3.05, 3.63) is 66.7 Å². The average molecular weight is 388 g/mol. The number of aliphatic hydroxyl groups excluding tert-OH is 1. The summed E-state index contributed by atoms with van der Waals surface area (Å²) in [6.45, 7) is 2.46. The van der Waals surface area contributed by atoms with Gasteiger partial charge in [-0.25, -0.2) is 0 Å². The minimum atomic E-state index is -0.469. The van der Waals surface area contributed by atoms with E-state index in [2.05, 4.69) is 28.1 Å². The summed E-state index contributed by atoms with van der Waals surface area (Å²) in [6, 6.07) is 22.3. The number of hydrogen-bond acceptors (Lipinski definition) is 4. The first kappa shape index (κ1) is 17.9. The van der Waals surface area contributed by atoms with Gasteiger partial charge in [0.05, 0.1) is 30.5 Å². The Kier molecular flexibility index (Phi) is 4.74. The summed E-state index contributed by atoms with van der Waals surface area (Å²) in [5.74, 6) is 1.73. The van der Waals surface area contributed by atoms with E-state index < -0.39 is 6.10 Å². The Labute approximate surface area is 169 Å².